The van der Waals surface area contributed by atoms with Crippen molar-refractivity contribution in [3.63, 3.8) is 0 Å². The van der Waals surface area contributed by atoms with Crippen LogP contribution in [0, 0.1) is 13.8 Å². The first kappa shape index (κ1) is 13.5. The summed E-state index contributed by atoms with van der Waals surface area (Å²) >= 11 is 3.34. The van der Waals surface area contributed by atoms with Crippen LogP contribution in [0.5, 0.6) is 0 Å². The monoisotopic (exact) mass is 319 g/mol. The standard InChI is InChI=1S/C14H14BrN3O/c1-8-3-6-13(9(2)17-8)18-14(19)11-7-10(16)4-5-12(11)15/h3-7H,16H2,1-2H3,(H,18,19). The van der Waals surface area contributed by atoms with Gasteiger partial charge >= 0.3 is 0 Å². The van der Waals surface area contributed by atoms with E-state index in [4.69, 9.17) is 5.73 Å². The van der Waals surface area contributed by atoms with Gasteiger partial charge in [0, 0.05) is 15.9 Å². The fourth-order valence-corrected chi connectivity index (χ4v) is 2.15. The molecule has 4 nitrogen and oxygen atoms in total. The molecule has 2 rings (SSSR count). The Morgan fingerprint density at radius 3 is 2.68 bits per heavy atom. The molecule has 0 aliphatic rings. The van der Waals surface area contributed by atoms with Crippen molar-refractivity contribution < 1.29 is 4.79 Å². The van der Waals surface area contributed by atoms with Crippen molar-refractivity contribution in [2.45, 2.75) is 13.8 Å². The number of halogens is 1. The van der Waals surface area contributed by atoms with Crippen LogP contribution in [0.15, 0.2) is 34.8 Å². The third-order valence-electron chi connectivity index (χ3n) is 2.71. The topological polar surface area (TPSA) is 68.0 Å². The van der Waals surface area contributed by atoms with Gasteiger partial charge in [0.1, 0.15) is 0 Å². The summed E-state index contributed by atoms with van der Waals surface area (Å²) in [4.78, 5) is 16.5. The van der Waals surface area contributed by atoms with Crippen molar-refractivity contribution in [2.75, 3.05) is 11.1 Å². The van der Waals surface area contributed by atoms with E-state index in [2.05, 4.69) is 26.2 Å². The Hall–Kier alpha value is -1.88. The second-order valence-electron chi connectivity index (χ2n) is 4.28. The first-order valence-corrected chi connectivity index (χ1v) is 6.57. The summed E-state index contributed by atoms with van der Waals surface area (Å²) in [6.07, 6.45) is 0. The summed E-state index contributed by atoms with van der Waals surface area (Å²) in [5, 5.41) is 2.83. The number of benzene rings is 1. The highest BCUT2D eigenvalue weighted by molar-refractivity contribution is 9.10. The number of anilines is 2. The molecule has 1 amide bonds. The lowest BCUT2D eigenvalue weighted by atomic mass is 10.2. The lowest BCUT2D eigenvalue weighted by Crippen LogP contribution is -2.14. The molecule has 5 heteroatoms. The van der Waals surface area contributed by atoms with Crippen LogP contribution in [0.3, 0.4) is 0 Å². The van der Waals surface area contributed by atoms with Crippen LogP contribution >= 0.6 is 15.9 Å². The fourth-order valence-electron chi connectivity index (χ4n) is 1.73. The van der Waals surface area contributed by atoms with Gasteiger partial charge < -0.3 is 11.1 Å². The third-order valence-corrected chi connectivity index (χ3v) is 3.40. The van der Waals surface area contributed by atoms with E-state index in [1.165, 1.54) is 0 Å². The van der Waals surface area contributed by atoms with Crippen molar-refractivity contribution in [3.8, 4) is 0 Å². The van der Waals surface area contributed by atoms with Crippen molar-refractivity contribution in [1.82, 2.24) is 4.98 Å². The van der Waals surface area contributed by atoms with Crippen molar-refractivity contribution in [2.24, 2.45) is 0 Å². The van der Waals surface area contributed by atoms with Gasteiger partial charge in [-0.25, -0.2) is 0 Å². The molecule has 19 heavy (non-hydrogen) atoms. The first-order chi connectivity index (χ1) is 8.97. The molecular formula is C14H14BrN3O. The lowest BCUT2D eigenvalue weighted by Gasteiger charge is -2.10. The highest BCUT2D eigenvalue weighted by Crippen LogP contribution is 2.21. The minimum absolute atomic E-state index is 0.215. The quantitative estimate of drug-likeness (QED) is 0.834. The Bertz CT molecular complexity index is 641. The van der Waals surface area contributed by atoms with Gasteiger partial charge in [-0.2, -0.15) is 0 Å². The maximum absolute atomic E-state index is 12.2. The molecule has 0 spiro atoms. The summed E-state index contributed by atoms with van der Waals surface area (Å²) < 4.78 is 0.705. The van der Waals surface area contributed by atoms with Gasteiger partial charge in [-0.15, -0.1) is 0 Å². The minimum Gasteiger partial charge on any atom is -0.399 e. The van der Waals surface area contributed by atoms with Crippen LogP contribution in [-0.2, 0) is 0 Å². The molecule has 0 radical (unpaired) electrons. The SMILES string of the molecule is Cc1ccc(NC(=O)c2cc(N)ccc2Br)c(C)n1. The number of carbonyl (C=O) groups excluding carboxylic acids is 1. The largest absolute Gasteiger partial charge is 0.399 e. The maximum Gasteiger partial charge on any atom is 0.256 e. The molecule has 1 heterocycles. The molecule has 1 aromatic carbocycles. The molecule has 98 valence electrons. The second kappa shape index (κ2) is 5.40. The summed E-state index contributed by atoms with van der Waals surface area (Å²) in [5.74, 6) is -0.215. The first-order valence-electron chi connectivity index (χ1n) is 5.78. The van der Waals surface area contributed by atoms with Gasteiger partial charge in [0.15, 0.2) is 0 Å². The number of aryl methyl sites for hydroxylation is 2. The highest BCUT2D eigenvalue weighted by Gasteiger charge is 2.12. The molecule has 1 aromatic heterocycles. The zero-order valence-electron chi connectivity index (χ0n) is 10.7. The van der Waals surface area contributed by atoms with E-state index in [0.717, 1.165) is 11.4 Å². The molecule has 0 atom stereocenters. The number of nitrogens with one attached hydrogen (secondary N) is 1. The van der Waals surface area contributed by atoms with Gasteiger partial charge in [0.25, 0.3) is 5.91 Å². The highest BCUT2D eigenvalue weighted by atomic mass is 79.9. The molecular weight excluding hydrogens is 306 g/mol. The average Bonchev–Trinajstić information content (AvgIpc) is 2.35. The third kappa shape index (κ3) is 3.12. The summed E-state index contributed by atoms with van der Waals surface area (Å²) in [7, 11) is 0. The summed E-state index contributed by atoms with van der Waals surface area (Å²) in [6, 6.07) is 8.83. The number of amides is 1. The van der Waals surface area contributed by atoms with E-state index in [1.54, 1.807) is 18.2 Å². The van der Waals surface area contributed by atoms with Crippen LogP contribution < -0.4 is 11.1 Å². The molecule has 0 unspecified atom stereocenters. The number of nitrogen functional groups attached to an aromatic ring is 1. The number of carbonyl (C=O) groups is 1. The summed E-state index contributed by atoms with van der Waals surface area (Å²) in [6.45, 7) is 3.77. The van der Waals surface area contributed by atoms with E-state index in [9.17, 15) is 4.79 Å². The fraction of sp³-hybridized carbons (Fsp3) is 0.143. The predicted octanol–water partition coefficient (Wildman–Crippen LogP) is 3.30. The van der Waals surface area contributed by atoms with Crippen LogP contribution in [0.1, 0.15) is 21.7 Å². The van der Waals surface area contributed by atoms with Crippen molar-refractivity contribution in [3.05, 3.63) is 51.8 Å². The number of hydrogen-bond acceptors (Lipinski definition) is 3. The Kier molecular flexibility index (Phi) is 3.85. The molecule has 0 saturated heterocycles. The molecule has 0 fully saturated rings. The van der Waals surface area contributed by atoms with Crippen LogP contribution in [-0.4, -0.2) is 10.9 Å². The predicted molar refractivity (Wildman–Crippen MR) is 80.2 cm³/mol. The van der Waals surface area contributed by atoms with Crippen molar-refractivity contribution >= 4 is 33.2 Å². The van der Waals surface area contributed by atoms with Gasteiger partial charge in [-0.1, -0.05) is 0 Å². The van der Waals surface area contributed by atoms with E-state index in [0.29, 0.717) is 21.4 Å². The van der Waals surface area contributed by atoms with Gasteiger partial charge in [0.05, 0.1) is 16.9 Å². The zero-order chi connectivity index (χ0) is 14.0. The molecule has 0 bridgehead atoms. The van der Waals surface area contributed by atoms with E-state index in [-0.39, 0.29) is 5.91 Å². The normalized spacial score (nSPS) is 10.3. The van der Waals surface area contributed by atoms with Gasteiger partial charge in [0.2, 0.25) is 0 Å². The number of pyridine rings is 1. The van der Waals surface area contributed by atoms with E-state index < -0.39 is 0 Å². The Morgan fingerprint density at radius 2 is 2.00 bits per heavy atom. The van der Waals surface area contributed by atoms with E-state index in [1.807, 2.05) is 26.0 Å². The van der Waals surface area contributed by atoms with Gasteiger partial charge in [-0.05, 0) is 60.1 Å². The molecule has 0 aliphatic heterocycles. The number of nitrogens with zero attached hydrogens (tertiary/aromatic N) is 1. The number of rotatable bonds is 2. The number of hydrogen-bond donors (Lipinski definition) is 2. The Balaban J connectivity index is 2.28. The van der Waals surface area contributed by atoms with E-state index >= 15 is 0 Å². The van der Waals surface area contributed by atoms with Crippen LogP contribution in [0.25, 0.3) is 0 Å². The smallest absolute Gasteiger partial charge is 0.256 e. The summed E-state index contributed by atoms with van der Waals surface area (Å²) in [5.41, 5.74) is 9.15. The Morgan fingerprint density at radius 1 is 1.26 bits per heavy atom. The zero-order valence-corrected chi connectivity index (χ0v) is 12.3. The molecule has 0 saturated carbocycles. The lowest BCUT2D eigenvalue weighted by molar-refractivity contribution is 0.102. The molecule has 3 N–H and O–H groups in total. The second-order valence-corrected chi connectivity index (χ2v) is 5.13. The van der Waals surface area contributed by atoms with Gasteiger partial charge in [-0.3, -0.25) is 9.78 Å². The molecule has 0 aliphatic carbocycles. The average molecular weight is 320 g/mol. The Labute approximate surface area is 120 Å². The number of aromatic nitrogens is 1. The molecule has 2 aromatic rings. The number of nitrogens with two attached hydrogens (primary N) is 1. The van der Waals surface area contributed by atoms with Crippen LogP contribution in [0.4, 0.5) is 11.4 Å². The minimum atomic E-state index is -0.215. The van der Waals surface area contributed by atoms with Crippen LogP contribution in [0.2, 0.25) is 0 Å². The maximum atomic E-state index is 12.2. The van der Waals surface area contributed by atoms with Crippen molar-refractivity contribution in [1.29, 1.82) is 0 Å².